The number of hydrogen-bond donors (Lipinski definition) is 0. The minimum absolute atomic E-state index is 0.546. The second-order valence-corrected chi connectivity index (χ2v) is 16.0. The highest BCUT2D eigenvalue weighted by Gasteiger charge is 2.23. The molecule has 3 heterocycles. The van der Waals surface area contributed by atoms with Crippen LogP contribution in [0, 0.1) is 0 Å². The fourth-order valence-electron chi connectivity index (χ4n) is 9.53. The molecule has 0 amide bonds. The minimum Gasteiger partial charge on any atom is -0.455 e. The van der Waals surface area contributed by atoms with E-state index in [0.717, 1.165) is 82.2 Å². The molecular weight excluding hydrogens is 757 g/mol. The van der Waals surface area contributed by atoms with E-state index in [9.17, 15) is 0 Å². The highest BCUT2D eigenvalue weighted by Crippen LogP contribution is 2.42. The van der Waals surface area contributed by atoms with Gasteiger partial charge in [-0.15, -0.1) is 0 Å². The highest BCUT2D eigenvalue weighted by atomic mass is 16.3. The lowest BCUT2D eigenvalue weighted by atomic mass is 9.99. The van der Waals surface area contributed by atoms with Crippen molar-refractivity contribution < 1.29 is 4.42 Å². The molecule has 0 saturated heterocycles. The van der Waals surface area contributed by atoms with Crippen LogP contribution in [0.5, 0.6) is 0 Å². The predicted molar refractivity (Wildman–Crippen MR) is 256 cm³/mol. The monoisotopic (exact) mass is 790 g/mol. The highest BCUT2D eigenvalue weighted by molar-refractivity contribution is 6.26. The molecule has 5 nitrogen and oxygen atoms in total. The number of benzene rings is 10. The van der Waals surface area contributed by atoms with Crippen LogP contribution in [0.4, 0.5) is 0 Å². The number of hydrogen-bond acceptors (Lipinski definition) is 4. The summed E-state index contributed by atoms with van der Waals surface area (Å²) in [4.78, 5) is 16.3. The van der Waals surface area contributed by atoms with Gasteiger partial charge in [-0.3, -0.25) is 4.57 Å². The second-order valence-electron chi connectivity index (χ2n) is 16.0. The Morgan fingerprint density at radius 3 is 1.74 bits per heavy atom. The van der Waals surface area contributed by atoms with Crippen LogP contribution in [-0.4, -0.2) is 19.5 Å². The van der Waals surface area contributed by atoms with E-state index in [4.69, 9.17) is 19.4 Å². The van der Waals surface area contributed by atoms with Crippen molar-refractivity contribution in [3.8, 4) is 51.0 Å². The largest absolute Gasteiger partial charge is 0.455 e. The predicted octanol–water partition coefficient (Wildman–Crippen LogP) is 15.0. The van der Waals surface area contributed by atoms with Crippen LogP contribution in [0.3, 0.4) is 0 Å². The van der Waals surface area contributed by atoms with Crippen LogP contribution in [0.15, 0.2) is 211 Å². The number of aromatic nitrogens is 4. The fourth-order valence-corrected chi connectivity index (χ4v) is 9.53. The first-order chi connectivity index (χ1) is 30.7. The summed E-state index contributed by atoms with van der Waals surface area (Å²) in [6, 6.07) is 72.7. The Morgan fingerprint density at radius 2 is 0.935 bits per heavy atom. The van der Waals surface area contributed by atoms with Crippen molar-refractivity contribution in [1.29, 1.82) is 0 Å². The van der Waals surface area contributed by atoms with E-state index in [1.807, 2.05) is 18.2 Å². The molecule has 0 N–H and O–H groups in total. The van der Waals surface area contributed by atoms with Crippen molar-refractivity contribution in [2.75, 3.05) is 0 Å². The van der Waals surface area contributed by atoms with Crippen LogP contribution in [0.1, 0.15) is 0 Å². The molecule has 0 bridgehead atoms. The molecule has 10 aromatic carbocycles. The lowest BCUT2D eigenvalue weighted by molar-refractivity contribution is 0.672. The standard InChI is InChI=1S/C57H34N4O/c1-2-12-35(13-3-1)36-24-26-37(27-25-36)41-17-10-18-42(34-41)55-58-56(48-22-11-23-50-52(48)47-32-29-40-16-6-9-21-45(40)54(47)62-50)60-57(59-55)61-49-33-30-38-14-4-7-19-43(38)51(49)46-31-28-39-15-5-8-20-44(39)53(46)61/h1-34H. The number of fused-ring (bicyclic) bond motifs is 12. The Labute approximate surface area is 355 Å². The van der Waals surface area contributed by atoms with Crippen molar-refractivity contribution in [2.45, 2.75) is 0 Å². The third-order valence-corrected chi connectivity index (χ3v) is 12.4. The molecule has 3 aromatic heterocycles. The van der Waals surface area contributed by atoms with Gasteiger partial charge in [0.25, 0.3) is 0 Å². The molecular formula is C57H34N4O. The Bertz CT molecular complexity index is 3920. The third-order valence-electron chi connectivity index (χ3n) is 12.4. The summed E-state index contributed by atoms with van der Waals surface area (Å²) < 4.78 is 8.93. The van der Waals surface area contributed by atoms with Crippen molar-refractivity contribution in [3.63, 3.8) is 0 Å². The van der Waals surface area contributed by atoms with Crippen LogP contribution in [0.2, 0.25) is 0 Å². The van der Waals surface area contributed by atoms with Gasteiger partial charge in [-0.2, -0.15) is 9.97 Å². The average molecular weight is 791 g/mol. The smallest absolute Gasteiger partial charge is 0.238 e. The topological polar surface area (TPSA) is 56.7 Å². The molecule has 13 aromatic rings. The first-order valence-electron chi connectivity index (χ1n) is 20.9. The van der Waals surface area contributed by atoms with E-state index >= 15 is 0 Å². The lowest BCUT2D eigenvalue weighted by Gasteiger charge is -2.13. The summed E-state index contributed by atoms with van der Waals surface area (Å²) in [5.41, 5.74) is 10.1. The number of rotatable bonds is 5. The normalized spacial score (nSPS) is 11.9. The molecule has 0 aliphatic rings. The summed E-state index contributed by atoms with van der Waals surface area (Å²) in [6.07, 6.45) is 0. The molecule has 0 fully saturated rings. The maximum Gasteiger partial charge on any atom is 0.238 e. The van der Waals surface area contributed by atoms with Gasteiger partial charge in [0.2, 0.25) is 5.95 Å². The summed E-state index contributed by atoms with van der Waals surface area (Å²) >= 11 is 0. The summed E-state index contributed by atoms with van der Waals surface area (Å²) in [7, 11) is 0. The molecule has 62 heavy (non-hydrogen) atoms. The second kappa shape index (κ2) is 13.6. The van der Waals surface area contributed by atoms with Crippen molar-refractivity contribution in [2.24, 2.45) is 0 Å². The molecule has 13 rings (SSSR count). The van der Waals surface area contributed by atoms with E-state index in [-0.39, 0.29) is 0 Å². The van der Waals surface area contributed by atoms with Gasteiger partial charge in [0.05, 0.1) is 11.0 Å². The van der Waals surface area contributed by atoms with E-state index in [1.165, 1.54) is 27.3 Å². The molecule has 0 radical (unpaired) electrons. The van der Waals surface area contributed by atoms with Crippen molar-refractivity contribution >= 4 is 76.1 Å². The van der Waals surface area contributed by atoms with Gasteiger partial charge in [-0.25, -0.2) is 4.98 Å². The van der Waals surface area contributed by atoms with Gasteiger partial charge in [-0.05, 0) is 68.1 Å². The molecule has 0 aliphatic carbocycles. The van der Waals surface area contributed by atoms with Crippen LogP contribution < -0.4 is 0 Å². The maximum atomic E-state index is 6.67. The molecule has 0 unspecified atom stereocenters. The average Bonchev–Trinajstić information content (AvgIpc) is 3.91. The van der Waals surface area contributed by atoms with Gasteiger partial charge in [0, 0.05) is 43.4 Å². The molecule has 0 saturated carbocycles. The van der Waals surface area contributed by atoms with E-state index in [0.29, 0.717) is 17.6 Å². The van der Waals surface area contributed by atoms with Gasteiger partial charge in [-0.1, -0.05) is 182 Å². The van der Waals surface area contributed by atoms with Gasteiger partial charge < -0.3 is 4.42 Å². The third kappa shape index (κ3) is 5.32. The first kappa shape index (κ1) is 34.5. The summed E-state index contributed by atoms with van der Waals surface area (Å²) in [5, 5.41) is 11.2. The number of furan rings is 1. The quantitative estimate of drug-likeness (QED) is 0.174. The molecule has 0 spiro atoms. The van der Waals surface area contributed by atoms with Crippen molar-refractivity contribution in [3.05, 3.63) is 206 Å². The van der Waals surface area contributed by atoms with Gasteiger partial charge >= 0.3 is 0 Å². The van der Waals surface area contributed by atoms with Crippen LogP contribution >= 0.6 is 0 Å². The SMILES string of the molecule is c1ccc(-c2ccc(-c3cccc(-c4nc(-c5cccc6oc7c8ccccc8ccc7c56)nc(-n5c6ccc7ccccc7c6c6ccc7ccccc7c65)n4)c3)cc2)cc1. The Morgan fingerprint density at radius 1 is 0.355 bits per heavy atom. The molecule has 0 aliphatic heterocycles. The molecule has 5 heteroatoms. The zero-order valence-electron chi connectivity index (χ0n) is 33.3. The molecule has 288 valence electrons. The van der Waals surface area contributed by atoms with E-state index < -0.39 is 0 Å². The first-order valence-corrected chi connectivity index (χ1v) is 20.9. The van der Waals surface area contributed by atoms with Crippen LogP contribution in [-0.2, 0) is 0 Å². The zero-order valence-corrected chi connectivity index (χ0v) is 33.3. The maximum absolute atomic E-state index is 6.67. The Balaban J connectivity index is 1.09. The van der Waals surface area contributed by atoms with Crippen molar-refractivity contribution in [1.82, 2.24) is 19.5 Å². The zero-order chi connectivity index (χ0) is 40.7. The number of nitrogens with zero attached hydrogens (tertiary/aromatic N) is 4. The van der Waals surface area contributed by atoms with Crippen LogP contribution in [0.25, 0.3) is 127 Å². The summed E-state index contributed by atoms with van der Waals surface area (Å²) in [6.45, 7) is 0. The molecule has 0 atom stereocenters. The van der Waals surface area contributed by atoms with Gasteiger partial charge in [0.15, 0.2) is 11.6 Å². The summed E-state index contributed by atoms with van der Waals surface area (Å²) in [5.74, 6) is 1.70. The van der Waals surface area contributed by atoms with E-state index in [2.05, 4.69) is 193 Å². The van der Waals surface area contributed by atoms with Gasteiger partial charge in [0.1, 0.15) is 11.2 Å². The fraction of sp³-hybridized carbons (Fsp3) is 0. The lowest BCUT2D eigenvalue weighted by Crippen LogP contribution is -2.07. The Hall–Kier alpha value is -8.41. The Kier molecular flexibility index (Phi) is 7.54. The minimum atomic E-state index is 0.546. The van der Waals surface area contributed by atoms with E-state index in [1.54, 1.807) is 0 Å².